The first-order chi connectivity index (χ1) is 11.7. The fourth-order valence-electron chi connectivity index (χ4n) is 3.93. The third kappa shape index (κ3) is 1.78. The van der Waals surface area contributed by atoms with Crippen LogP contribution in [0.4, 0.5) is 0 Å². The second-order valence-electron chi connectivity index (χ2n) is 6.40. The summed E-state index contributed by atoms with van der Waals surface area (Å²) in [6.45, 7) is 2.20. The van der Waals surface area contributed by atoms with E-state index in [0.717, 1.165) is 28.6 Å². The van der Waals surface area contributed by atoms with Crippen LogP contribution in [-0.2, 0) is 0 Å². The van der Waals surface area contributed by atoms with Gasteiger partial charge in [-0.1, -0.05) is 25.1 Å². The fourth-order valence-corrected chi connectivity index (χ4v) is 3.93. The van der Waals surface area contributed by atoms with Gasteiger partial charge in [-0.05, 0) is 47.9 Å². The summed E-state index contributed by atoms with van der Waals surface area (Å²) in [5.74, 6) is 0.566. The fraction of sp³-hybridized carbons (Fsp3) is 0.143. The Hall–Kier alpha value is -2.94. The van der Waals surface area contributed by atoms with Crippen LogP contribution >= 0.6 is 0 Å². The molecule has 0 aliphatic heterocycles. The monoisotopic (exact) mass is 315 g/mol. The number of aromatic nitrogens is 1. The zero-order valence-electron chi connectivity index (χ0n) is 13.3. The molecule has 24 heavy (non-hydrogen) atoms. The van der Waals surface area contributed by atoms with Crippen LogP contribution < -0.4 is 0 Å². The number of fused-ring (bicyclic) bond motifs is 1. The number of furan rings is 1. The largest absolute Gasteiger partial charge is 0.508 e. The van der Waals surface area contributed by atoms with Crippen molar-refractivity contribution in [2.24, 2.45) is 0 Å². The molecule has 6 aromatic rings. The van der Waals surface area contributed by atoms with Crippen molar-refractivity contribution in [3.05, 3.63) is 65.7 Å². The van der Waals surface area contributed by atoms with Gasteiger partial charge in [0.15, 0.2) is 0 Å². The number of H-pyrrole nitrogens is 1. The molecule has 3 nitrogen and oxygen atoms in total. The van der Waals surface area contributed by atoms with E-state index < -0.39 is 0 Å². The summed E-state index contributed by atoms with van der Waals surface area (Å²) in [4.78, 5) is 3.51. The van der Waals surface area contributed by atoms with Crippen molar-refractivity contribution in [2.75, 3.05) is 0 Å². The first kappa shape index (κ1) is 13.5. The standard InChI is InChI=1S/C21H17NO2/c1-2-15(12-6-8-14(23)9-7-12)16-10-13-11-19-20(16)21-17(22-13)4-3-5-18(21)24-19/h3-11,15,22-23H,2H2,1H3. The van der Waals surface area contributed by atoms with Crippen molar-refractivity contribution in [1.82, 2.24) is 4.98 Å². The number of aromatic hydroxyl groups is 1. The Morgan fingerprint density at radius 1 is 1.00 bits per heavy atom. The van der Waals surface area contributed by atoms with Crippen LogP contribution in [-0.4, -0.2) is 10.1 Å². The predicted octanol–water partition coefficient (Wildman–Crippen LogP) is 5.75. The van der Waals surface area contributed by atoms with E-state index in [1.165, 1.54) is 21.9 Å². The lowest BCUT2D eigenvalue weighted by atomic mass is 9.86. The molecular weight excluding hydrogens is 298 g/mol. The minimum absolute atomic E-state index is 0.266. The molecule has 0 aliphatic carbocycles. The summed E-state index contributed by atoms with van der Waals surface area (Å²) in [5, 5.41) is 12.0. The lowest BCUT2D eigenvalue weighted by molar-refractivity contribution is 0.475. The maximum absolute atomic E-state index is 9.59. The summed E-state index contributed by atoms with van der Waals surface area (Å²) in [6.07, 6.45) is 0.984. The number of hydrogen-bond acceptors (Lipinski definition) is 2. The Morgan fingerprint density at radius 3 is 2.62 bits per heavy atom. The van der Waals surface area contributed by atoms with Crippen LogP contribution in [0.3, 0.4) is 0 Å². The van der Waals surface area contributed by atoms with E-state index in [1.54, 1.807) is 12.1 Å². The van der Waals surface area contributed by atoms with Gasteiger partial charge in [-0.3, -0.25) is 0 Å². The number of aromatic amines is 1. The van der Waals surface area contributed by atoms with Gasteiger partial charge in [0.1, 0.15) is 16.9 Å². The molecular formula is C21H17NO2. The third-order valence-electron chi connectivity index (χ3n) is 4.99. The molecule has 3 aromatic carbocycles. The third-order valence-corrected chi connectivity index (χ3v) is 4.99. The van der Waals surface area contributed by atoms with E-state index in [-0.39, 0.29) is 5.92 Å². The normalized spacial score (nSPS) is 13.4. The molecule has 0 amide bonds. The topological polar surface area (TPSA) is 49.2 Å². The highest BCUT2D eigenvalue weighted by molar-refractivity contribution is 6.16. The van der Waals surface area contributed by atoms with Gasteiger partial charge in [0, 0.05) is 22.9 Å². The SMILES string of the molecule is CCC(c1ccc(O)cc1)c1cc2cc3oc4cccc([nH]2)c4c13. The van der Waals surface area contributed by atoms with Crippen LogP contribution in [0.5, 0.6) is 5.75 Å². The molecule has 3 aromatic heterocycles. The molecule has 0 fully saturated rings. The van der Waals surface area contributed by atoms with Gasteiger partial charge in [0.05, 0.1) is 10.9 Å². The Bertz CT molecular complexity index is 1150. The molecule has 3 heterocycles. The van der Waals surface area contributed by atoms with Crippen molar-refractivity contribution in [2.45, 2.75) is 19.3 Å². The van der Waals surface area contributed by atoms with Crippen LogP contribution in [0.1, 0.15) is 30.4 Å². The molecule has 0 radical (unpaired) electrons. The zero-order valence-corrected chi connectivity index (χ0v) is 13.3. The Labute approximate surface area is 138 Å². The number of nitrogens with one attached hydrogen (secondary N) is 1. The zero-order chi connectivity index (χ0) is 16.3. The predicted molar refractivity (Wildman–Crippen MR) is 97.0 cm³/mol. The van der Waals surface area contributed by atoms with Gasteiger partial charge in [-0.2, -0.15) is 0 Å². The molecule has 2 N–H and O–H groups in total. The summed E-state index contributed by atoms with van der Waals surface area (Å²) >= 11 is 0. The van der Waals surface area contributed by atoms with Crippen molar-refractivity contribution in [3.8, 4) is 5.75 Å². The molecule has 0 aliphatic rings. The number of rotatable bonds is 3. The molecule has 3 heteroatoms. The molecule has 1 unspecified atom stereocenters. The van der Waals surface area contributed by atoms with Crippen molar-refractivity contribution >= 4 is 33.0 Å². The second-order valence-corrected chi connectivity index (χ2v) is 6.40. The molecule has 0 saturated heterocycles. The van der Waals surface area contributed by atoms with E-state index in [1.807, 2.05) is 24.3 Å². The summed E-state index contributed by atoms with van der Waals surface area (Å²) in [6, 6.07) is 18.0. The van der Waals surface area contributed by atoms with Crippen molar-refractivity contribution in [3.63, 3.8) is 0 Å². The number of hydrogen-bond donors (Lipinski definition) is 2. The first-order valence-corrected chi connectivity index (χ1v) is 8.29. The average molecular weight is 315 g/mol. The van der Waals surface area contributed by atoms with Crippen LogP contribution in [0.15, 0.2) is 59.0 Å². The van der Waals surface area contributed by atoms with Gasteiger partial charge in [-0.25, -0.2) is 0 Å². The van der Waals surface area contributed by atoms with E-state index in [0.29, 0.717) is 5.75 Å². The lowest BCUT2D eigenvalue weighted by Gasteiger charge is -2.17. The van der Waals surface area contributed by atoms with Gasteiger partial charge < -0.3 is 14.5 Å². The maximum atomic E-state index is 9.59. The van der Waals surface area contributed by atoms with Crippen LogP contribution in [0.2, 0.25) is 0 Å². The summed E-state index contributed by atoms with van der Waals surface area (Å²) < 4.78 is 6.08. The molecule has 0 spiro atoms. The highest BCUT2D eigenvalue weighted by atomic mass is 16.3. The lowest BCUT2D eigenvalue weighted by Crippen LogP contribution is -2.00. The molecule has 6 rings (SSSR count). The minimum Gasteiger partial charge on any atom is -0.508 e. The summed E-state index contributed by atoms with van der Waals surface area (Å²) in [5.41, 5.74) is 6.53. The average Bonchev–Trinajstić information content (AvgIpc) is 2.79. The quantitative estimate of drug-likeness (QED) is 0.445. The van der Waals surface area contributed by atoms with Crippen molar-refractivity contribution in [1.29, 1.82) is 0 Å². The van der Waals surface area contributed by atoms with Crippen LogP contribution in [0.25, 0.3) is 33.0 Å². The molecule has 4 bridgehead atoms. The number of phenols is 1. The number of benzene rings is 3. The Kier molecular flexibility index (Phi) is 2.69. The van der Waals surface area contributed by atoms with E-state index in [4.69, 9.17) is 4.42 Å². The minimum atomic E-state index is 0.266. The maximum Gasteiger partial charge on any atom is 0.137 e. The van der Waals surface area contributed by atoms with Gasteiger partial charge in [0.25, 0.3) is 0 Å². The van der Waals surface area contributed by atoms with Gasteiger partial charge in [0.2, 0.25) is 0 Å². The molecule has 118 valence electrons. The highest BCUT2D eigenvalue weighted by Crippen LogP contribution is 2.42. The first-order valence-electron chi connectivity index (χ1n) is 8.29. The number of phenolic OH excluding ortho intramolecular Hbond substituents is 1. The highest BCUT2D eigenvalue weighted by Gasteiger charge is 2.22. The molecule has 0 saturated carbocycles. The van der Waals surface area contributed by atoms with E-state index in [2.05, 4.69) is 30.1 Å². The Balaban J connectivity index is 1.86. The van der Waals surface area contributed by atoms with Crippen LogP contribution in [0, 0.1) is 0 Å². The van der Waals surface area contributed by atoms with E-state index >= 15 is 0 Å². The van der Waals surface area contributed by atoms with Gasteiger partial charge >= 0.3 is 0 Å². The summed E-state index contributed by atoms with van der Waals surface area (Å²) in [7, 11) is 0. The van der Waals surface area contributed by atoms with Crippen molar-refractivity contribution < 1.29 is 9.52 Å². The Morgan fingerprint density at radius 2 is 1.83 bits per heavy atom. The van der Waals surface area contributed by atoms with E-state index in [9.17, 15) is 5.11 Å². The molecule has 1 atom stereocenters. The smallest absolute Gasteiger partial charge is 0.137 e. The second kappa shape index (κ2) is 4.78. The van der Waals surface area contributed by atoms with Gasteiger partial charge in [-0.15, -0.1) is 0 Å².